The van der Waals surface area contributed by atoms with Gasteiger partial charge in [0.25, 0.3) is 0 Å². The normalized spacial score (nSPS) is 13.3. The van der Waals surface area contributed by atoms with Crippen molar-refractivity contribution in [3.05, 3.63) is 23.8 Å². The molecule has 0 aromatic heterocycles. The summed E-state index contributed by atoms with van der Waals surface area (Å²) in [7, 11) is 1.44. The number of nitrogen functional groups attached to an aromatic ring is 1. The van der Waals surface area contributed by atoms with Crippen LogP contribution in [-0.4, -0.2) is 31.5 Å². The Bertz CT molecular complexity index is 410. The molecule has 1 atom stereocenters. The number of methoxy groups -OCH3 is 1. The van der Waals surface area contributed by atoms with Gasteiger partial charge >= 0.3 is 6.18 Å². The van der Waals surface area contributed by atoms with Crippen LogP contribution in [0, 0.1) is 0 Å². The second-order valence-electron chi connectivity index (χ2n) is 4.13. The second kappa shape index (κ2) is 6.63. The summed E-state index contributed by atoms with van der Waals surface area (Å²) in [5.41, 5.74) is 4.55. The number of alkyl halides is 3. The number of hydrogen-bond acceptors (Lipinski definition) is 4. The lowest BCUT2D eigenvalue weighted by molar-refractivity contribution is -0.136. The minimum Gasteiger partial charge on any atom is -0.399 e. The molecule has 0 amide bonds. The molecule has 0 saturated carbocycles. The van der Waals surface area contributed by atoms with Gasteiger partial charge in [0, 0.05) is 25.0 Å². The fraction of sp³-hybridized carbons (Fsp3) is 0.500. The third-order valence-corrected chi connectivity index (χ3v) is 2.50. The van der Waals surface area contributed by atoms with Crippen molar-refractivity contribution < 1.29 is 23.0 Å². The molecule has 7 heteroatoms. The number of anilines is 2. The van der Waals surface area contributed by atoms with Gasteiger partial charge < -0.3 is 20.9 Å². The molecule has 4 nitrogen and oxygen atoms in total. The van der Waals surface area contributed by atoms with E-state index in [4.69, 9.17) is 10.5 Å². The Balaban J connectivity index is 2.68. The number of rotatable bonds is 6. The van der Waals surface area contributed by atoms with E-state index in [1.165, 1.54) is 19.2 Å². The van der Waals surface area contributed by atoms with Crippen LogP contribution in [0.5, 0.6) is 0 Å². The first-order valence-corrected chi connectivity index (χ1v) is 5.72. The Morgan fingerprint density at radius 3 is 2.68 bits per heavy atom. The van der Waals surface area contributed by atoms with E-state index >= 15 is 0 Å². The van der Waals surface area contributed by atoms with Gasteiger partial charge in [-0.05, 0) is 24.6 Å². The highest BCUT2D eigenvalue weighted by molar-refractivity contribution is 5.59. The Morgan fingerprint density at radius 2 is 2.11 bits per heavy atom. The fourth-order valence-corrected chi connectivity index (χ4v) is 1.60. The van der Waals surface area contributed by atoms with Crippen LogP contribution in [0.1, 0.15) is 12.0 Å². The summed E-state index contributed by atoms with van der Waals surface area (Å²) in [5.74, 6) is 0. The maximum absolute atomic E-state index is 12.8. The second-order valence-corrected chi connectivity index (χ2v) is 4.13. The largest absolute Gasteiger partial charge is 0.418 e. The van der Waals surface area contributed by atoms with E-state index < -0.39 is 17.8 Å². The molecule has 1 rings (SSSR count). The molecule has 0 aliphatic carbocycles. The molecule has 1 aromatic rings. The number of aliphatic hydroxyl groups excluding tert-OH is 1. The third-order valence-electron chi connectivity index (χ3n) is 2.50. The molecule has 4 N–H and O–H groups in total. The van der Waals surface area contributed by atoms with Crippen molar-refractivity contribution in [1.82, 2.24) is 0 Å². The first-order valence-electron chi connectivity index (χ1n) is 5.72. The van der Waals surface area contributed by atoms with Crippen molar-refractivity contribution >= 4 is 11.4 Å². The molecule has 108 valence electrons. The van der Waals surface area contributed by atoms with Crippen LogP contribution >= 0.6 is 0 Å². The van der Waals surface area contributed by atoms with E-state index in [2.05, 4.69) is 5.32 Å². The minimum atomic E-state index is -4.47. The number of aliphatic hydroxyl groups is 1. The van der Waals surface area contributed by atoms with Crippen LogP contribution < -0.4 is 11.1 Å². The summed E-state index contributed by atoms with van der Waals surface area (Å²) in [5, 5.41) is 12.0. The first kappa shape index (κ1) is 15.6. The van der Waals surface area contributed by atoms with Gasteiger partial charge in [0.15, 0.2) is 0 Å². The standard InChI is InChI=1S/C12H17F3N2O2/c1-19-7-9(18)4-5-17-11-3-2-8(16)6-10(11)12(13,14)15/h2-3,6,9,17-18H,4-5,7,16H2,1H3. The first-order chi connectivity index (χ1) is 8.84. The average molecular weight is 278 g/mol. The lowest BCUT2D eigenvalue weighted by atomic mass is 10.1. The Hall–Kier alpha value is -1.47. The summed E-state index contributed by atoms with van der Waals surface area (Å²) < 4.78 is 43.0. The highest BCUT2D eigenvalue weighted by atomic mass is 19.4. The van der Waals surface area contributed by atoms with Crippen LogP contribution in [0.3, 0.4) is 0 Å². The topological polar surface area (TPSA) is 67.5 Å². The van der Waals surface area contributed by atoms with Gasteiger partial charge in [-0.15, -0.1) is 0 Å². The zero-order valence-corrected chi connectivity index (χ0v) is 10.5. The van der Waals surface area contributed by atoms with Gasteiger partial charge in [-0.1, -0.05) is 0 Å². The van der Waals surface area contributed by atoms with E-state index in [1.54, 1.807) is 0 Å². The summed E-state index contributed by atoms with van der Waals surface area (Å²) >= 11 is 0. The molecular formula is C12H17F3N2O2. The van der Waals surface area contributed by atoms with Crippen molar-refractivity contribution in [3.8, 4) is 0 Å². The van der Waals surface area contributed by atoms with Crippen LogP contribution in [0.25, 0.3) is 0 Å². The summed E-state index contributed by atoms with van der Waals surface area (Å²) in [6.45, 7) is 0.354. The lowest BCUT2D eigenvalue weighted by Crippen LogP contribution is -2.19. The van der Waals surface area contributed by atoms with Gasteiger partial charge in [0.2, 0.25) is 0 Å². The molecule has 0 heterocycles. The van der Waals surface area contributed by atoms with Crippen molar-refractivity contribution in [2.75, 3.05) is 31.3 Å². The molecule has 0 saturated heterocycles. The lowest BCUT2D eigenvalue weighted by Gasteiger charge is -2.16. The SMILES string of the molecule is COCC(O)CCNc1ccc(N)cc1C(F)(F)F. The Kier molecular flexibility index (Phi) is 5.44. The third kappa shape index (κ3) is 4.96. The quantitative estimate of drug-likeness (QED) is 0.697. The molecule has 0 spiro atoms. The highest BCUT2D eigenvalue weighted by Gasteiger charge is 2.33. The molecule has 1 aromatic carbocycles. The van der Waals surface area contributed by atoms with Crippen molar-refractivity contribution in [2.45, 2.75) is 18.7 Å². The average Bonchev–Trinajstić information content (AvgIpc) is 2.30. The Morgan fingerprint density at radius 1 is 1.42 bits per heavy atom. The van der Waals surface area contributed by atoms with Gasteiger partial charge in [-0.2, -0.15) is 13.2 Å². The number of nitrogens with one attached hydrogen (secondary N) is 1. The Labute approximate surface area is 109 Å². The van der Waals surface area contributed by atoms with E-state index in [-0.39, 0.29) is 30.9 Å². The van der Waals surface area contributed by atoms with E-state index in [1.807, 2.05) is 0 Å². The summed E-state index contributed by atoms with van der Waals surface area (Å²) in [4.78, 5) is 0. The van der Waals surface area contributed by atoms with Crippen molar-refractivity contribution in [2.24, 2.45) is 0 Å². The number of halogens is 3. The molecule has 0 fully saturated rings. The van der Waals surface area contributed by atoms with Crippen LogP contribution in [0.4, 0.5) is 24.5 Å². The van der Waals surface area contributed by atoms with Gasteiger partial charge in [-0.25, -0.2) is 0 Å². The van der Waals surface area contributed by atoms with Crippen molar-refractivity contribution in [1.29, 1.82) is 0 Å². The molecule has 0 bridgehead atoms. The van der Waals surface area contributed by atoms with Crippen LogP contribution in [0.15, 0.2) is 18.2 Å². The molecule has 0 radical (unpaired) electrons. The number of hydrogen-bond donors (Lipinski definition) is 3. The fourth-order valence-electron chi connectivity index (χ4n) is 1.60. The zero-order chi connectivity index (χ0) is 14.5. The molecular weight excluding hydrogens is 261 g/mol. The monoisotopic (exact) mass is 278 g/mol. The summed E-state index contributed by atoms with van der Waals surface area (Å²) in [6, 6.07) is 3.55. The predicted octanol–water partition coefficient (Wildman–Crippen LogP) is 2.10. The van der Waals surface area contributed by atoms with Gasteiger partial charge in [0.1, 0.15) is 0 Å². The van der Waals surface area contributed by atoms with Crippen LogP contribution in [-0.2, 0) is 10.9 Å². The number of ether oxygens (including phenoxy) is 1. The molecule has 1 unspecified atom stereocenters. The molecule has 0 aliphatic rings. The van der Waals surface area contributed by atoms with E-state index in [9.17, 15) is 18.3 Å². The maximum Gasteiger partial charge on any atom is 0.418 e. The highest BCUT2D eigenvalue weighted by Crippen LogP contribution is 2.35. The molecule has 0 aliphatic heterocycles. The number of benzene rings is 1. The number of nitrogens with two attached hydrogens (primary N) is 1. The summed E-state index contributed by atoms with van der Waals surface area (Å²) in [6.07, 6.45) is -4.89. The van der Waals surface area contributed by atoms with Crippen LogP contribution in [0.2, 0.25) is 0 Å². The molecule has 19 heavy (non-hydrogen) atoms. The smallest absolute Gasteiger partial charge is 0.399 e. The van der Waals surface area contributed by atoms with Gasteiger partial charge in [-0.3, -0.25) is 0 Å². The minimum absolute atomic E-state index is 0.0497. The van der Waals surface area contributed by atoms with Gasteiger partial charge in [0.05, 0.1) is 18.3 Å². The predicted molar refractivity (Wildman–Crippen MR) is 66.8 cm³/mol. The van der Waals surface area contributed by atoms with E-state index in [0.29, 0.717) is 0 Å². The van der Waals surface area contributed by atoms with E-state index in [0.717, 1.165) is 6.07 Å². The zero-order valence-electron chi connectivity index (χ0n) is 10.5. The van der Waals surface area contributed by atoms with Crippen molar-refractivity contribution in [3.63, 3.8) is 0 Å². The maximum atomic E-state index is 12.8.